The zero-order valence-electron chi connectivity index (χ0n) is 13.2. The van der Waals surface area contributed by atoms with Crippen LogP contribution in [-0.2, 0) is 22.6 Å². The van der Waals surface area contributed by atoms with Crippen molar-refractivity contribution in [3.8, 4) is 0 Å². The summed E-state index contributed by atoms with van der Waals surface area (Å²) in [5.74, 6) is -0.0428. The molecule has 1 aliphatic heterocycles. The summed E-state index contributed by atoms with van der Waals surface area (Å²) < 4.78 is 5.43. The lowest BCUT2D eigenvalue weighted by atomic mass is 9.91. The Hall–Kier alpha value is -2.14. The zero-order chi connectivity index (χ0) is 16.9. The molecule has 1 unspecified atom stereocenters. The Morgan fingerprint density at radius 1 is 1.08 bits per heavy atom. The third-order valence-electron chi connectivity index (χ3n) is 4.16. The molecule has 0 bridgehead atoms. The van der Waals surface area contributed by atoms with Gasteiger partial charge in [0.25, 0.3) is 0 Å². The fraction of sp³-hybridized carbons (Fsp3) is 0.263. The molecule has 1 aliphatic rings. The molecule has 1 heterocycles. The maximum absolute atomic E-state index is 12.5. The number of Topliss-reactive ketones (excluding diaryl/α,β-unsaturated/α-hetero) is 1. The summed E-state index contributed by atoms with van der Waals surface area (Å²) in [6.07, 6.45) is 0.274. The number of hydrogen-bond acceptors (Lipinski definition) is 3. The molecule has 4 nitrogen and oxygen atoms in total. The molecule has 1 atom stereocenters. The van der Waals surface area contributed by atoms with Gasteiger partial charge in [0.05, 0.1) is 5.33 Å². The van der Waals surface area contributed by atoms with E-state index < -0.39 is 12.1 Å². The molecular weight excluding hydrogens is 370 g/mol. The largest absolute Gasteiger partial charge is 0.445 e. The number of fused-ring (bicyclic) bond motifs is 1. The van der Waals surface area contributed by atoms with E-state index in [0.717, 1.165) is 23.1 Å². The highest BCUT2D eigenvalue weighted by Crippen LogP contribution is 2.31. The maximum atomic E-state index is 12.5. The average molecular weight is 388 g/mol. The minimum absolute atomic E-state index is 0.0428. The van der Waals surface area contributed by atoms with Gasteiger partial charge < -0.3 is 4.74 Å². The topological polar surface area (TPSA) is 46.6 Å². The van der Waals surface area contributed by atoms with Gasteiger partial charge in [0.15, 0.2) is 5.78 Å². The van der Waals surface area contributed by atoms with Gasteiger partial charge in [0.1, 0.15) is 12.6 Å². The fourth-order valence-electron chi connectivity index (χ4n) is 2.99. The van der Waals surface area contributed by atoms with E-state index >= 15 is 0 Å². The second kappa shape index (κ2) is 7.62. The summed E-state index contributed by atoms with van der Waals surface area (Å²) in [5, 5.41) is 0.203. The molecule has 2 aromatic rings. The number of amides is 1. The van der Waals surface area contributed by atoms with Gasteiger partial charge >= 0.3 is 6.09 Å². The van der Waals surface area contributed by atoms with Crippen LogP contribution in [0.1, 0.15) is 22.7 Å². The molecule has 5 heteroatoms. The van der Waals surface area contributed by atoms with Crippen molar-refractivity contribution in [3.05, 3.63) is 71.3 Å². The highest BCUT2D eigenvalue weighted by molar-refractivity contribution is 9.09. The summed E-state index contributed by atoms with van der Waals surface area (Å²) in [6, 6.07) is 16.7. The standard InChI is InChI=1S/C19H18BrNO3/c20-12-17(22)18-16-9-5-4-8-15(16)10-11-21(18)19(23)24-13-14-6-2-1-3-7-14/h1-9,18H,10-13H2. The molecule has 0 spiro atoms. The van der Waals surface area contributed by atoms with Crippen LogP contribution < -0.4 is 0 Å². The van der Waals surface area contributed by atoms with Crippen LogP contribution in [0.3, 0.4) is 0 Å². The number of ketones is 1. The Labute approximate surface area is 149 Å². The van der Waals surface area contributed by atoms with Crippen molar-refractivity contribution < 1.29 is 14.3 Å². The number of benzene rings is 2. The summed E-state index contributed by atoms with van der Waals surface area (Å²) >= 11 is 3.23. The Bertz CT molecular complexity index is 732. The van der Waals surface area contributed by atoms with Crippen LogP contribution in [0.25, 0.3) is 0 Å². The van der Waals surface area contributed by atoms with Crippen LogP contribution >= 0.6 is 15.9 Å². The van der Waals surface area contributed by atoms with Gasteiger partial charge in [-0.2, -0.15) is 0 Å². The first kappa shape index (κ1) is 16.7. The number of ether oxygens (including phenoxy) is 1. The molecule has 0 N–H and O–H groups in total. The minimum atomic E-state index is -0.586. The number of alkyl halides is 1. The smallest absolute Gasteiger partial charge is 0.410 e. The molecule has 0 saturated carbocycles. The van der Waals surface area contributed by atoms with Crippen molar-refractivity contribution >= 4 is 27.8 Å². The molecule has 3 rings (SSSR count). The molecule has 0 aromatic heterocycles. The van der Waals surface area contributed by atoms with Crippen LogP contribution in [0.15, 0.2) is 54.6 Å². The quantitative estimate of drug-likeness (QED) is 0.747. The molecule has 24 heavy (non-hydrogen) atoms. The Balaban J connectivity index is 1.78. The highest BCUT2D eigenvalue weighted by atomic mass is 79.9. The Kier molecular flexibility index (Phi) is 5.30. The van der Waals surface area contributed by atoms with E-state index in [9.17, 15) is 9.59 Å². The molecule has 0 radical (unpaired) electrons. The number of carbonyl (C=O) groups is 2. The lowest BCUT2D eigenvalue weighted by molar-refractivity contribution is -0.121. The van der Waals surface area contributed by atoms with E-state index in [1.165, 1.54) is 4.90 Å². The zero-order valence-corrected chi connectivity index (χ0v) is 14.7. The summed E-state index contributed by atoms with van der Waals surface area (Å²) in [5.41, 5.74) is 2.93. The van der Waals surface area contributed by atoms with Crippen molar-refractivity contribution in [2.75, 3.05) is 11.9 Å². The van der Waals surface area contributed by atoms with E-state index in [0.29, 0.717) is 6.54 Å². The maximum Gasteiger partial charge on any atom is 0.410 e. The molecule has 0 fully saturated rings. The van der Waals surface area contributed by atoms with Gasteiger partial charge in [0, 0.05) is 6.54 Å². The lowest BCUT2D eigenvalue weighted by Crippen LogP contribution is -2.44. The number of nitrogens with zero attached hydrogens (tertiary/aromatic N) is 1. The van der Waals surface area contributed by atoms with E-state index in [1.807, 2.05) is 54.6 Å². The second-order valence-corrected chi connectivity index (χ2v) is 6.25. The van der Waals surface area contributed by atoms with Crippen molar-refractivity contribution in [1.29, 1.82) is 0 Å². The normalized spacial score (nSPS) is 16.4. The molecule has 124 valence electrons. The minimum Gasteiger partial charge on any atom is -0.445 e. The number of halogens is 1. The SMILES string of the molecule is O=C(CBr)C1c2ccccc2CCN1C(=O)OCc1ccccc1. The fourth-order valence-corrected chi connectivity index (χ4v) is 3.29. The summed E-state index contributed by atoms with van der Waals surface area (Å²) in [4.78, 5) is 26.5. The van der Waals surface area contributed by atoms with E-state index in [-0.39, 0.29) is 17.7 Å². The van der Waals surface area contributed by atoms with Crippen molar-refractivity contribution in [3.63, 3.8) is 0 Å². The number of rotatable bonds is 4. The van der Waals surface area contributed by atoms with Crippen LogP contribution in [0.2, 0.25) is 0 Å². The summed E-state index contributed by atoms with van der Waals surface area (Å²) in [7, 11) is 0. The number of hydrogen-bond donors (Lipinski definition) is 0. The van der Waals surface area contributed by atoms with Crippen molar-refractivity contribution in [2.45, 2.75) is 19.1 Å². The van der Waals surface area contributed by atoms with Gasteiger partial charge in [-0.05, 0) is 23.1 Å². The monoisotopic (exact) mass is 387 g/mol. The van der Waals surface area contributed by atoms with Gasteiger partial charge in [-0.25, -0.2) is 4.79 Å². The van der Waals surface area contributed by atoms with Crippen molar-refractivity contribution in [2.24, 2.45) is 0 Å². The van der Waals surface area contributed by atoms with Crippen LogP contribution in [0, 0.1) is 0 Å². The molecule has 1 amide bonds. The first-order chi connectivity index (χ1) is 11.7. The van der Waals surface area contributed by atoms with Gasteiger partial charge in [-0.1, -0.05) is 70.5 Å². The first-order valence-corrected chi connectivity index (χ1v) is 8.96. The van der Waals surface area contributed by atoms with Crippen molar-refractivity contribution in [1.82, 2.24) is 4.90 Å². The van der Waals surface area contributed by atoms with Crippen LogP contribution in [0.4, 0.5) is 4.79 Å². The predicted molar refractivity (Wildman–Crippen MR) is 95.0 cm³/mol. The Morgan fingerprint density at radius 3 is 2.54 bits per heavy atom. The predicted octanol–water partition coefficient (Wildman–Crippen LogP) is 3.89. The lowest BCUT2D eigenvalue weighted by Gasteiger charge is -2.35. The van der Waals surface area contributed by atoms with E-state index in [2.05, 4.69) is 15.9 Å². The average Bonchev–Trinajstić information content (AvgIpc) is 2.65. The first-order valence-electron chi connectivity index (χ1n) is 7.84. The van der Waals surface area contributed by atoms with E-state index in [1.54, 1.807) is 0 Å². The molecular formula is C19H18BrNO3. The van der Waals surface area contributed by atoms with E-state index in [4.69, 9.17) is 4.74 Å². The highest BCUT2D eigenvalue weighted by Gasteiger charge is 2.35. The van der Waals surface area contributed by atoms with Crippen LogP contribution in [-0.4, -0.2) is 28.7 Å². The molecule has 2 aromatic carbocycles. The van der Waals surface area contributed by atoms with Gasteiger partial charge in [0.2, 0.25) is 0 Å². The van der Waals surface area contributed by atoms with Gasteiger partial charge in [-0.15, -0.1) is 0 Å². The van der Waals surface area contributed by atoms with Crippen LogP contribution in [0.5, 0.6) is 0 Å². The molecule has 0 aliphatic carbocycles. The Morgan fingerprint density at radius 2 is 1.79 bits per heavy atom. The molecule has 0 saturated heterocycles. The number of carbonyl (C=O) groups excluding carboxylic acids is 2. The third kappa shape index (κ3) is 3.51. The van der Waals surface area contributed by atoms with Gasteiger partial charge in [-0.3, -0.25) is 9.69 Å². The third-order valence-corrected chi connectivity index (χ3v) is 4.71. The second-order valence-electron chi connectivity index (χ2n) is 5.68. The summed E-state index contributed by atoms with van der Waals surface area (Å²) in [6.45, 7) is 0.682.